The first-order chi connectivity index (χ1) is 4.33. The molecular weight excluding hydrogens is 130 g/mol. The highest BCUT2D eigenvalue weighted by molar-refractivity contribution is 7.80. The Kier molecular flexibility index (Phi) is 1.66. The van der Waals surface area contributed by atoms with Crippen LogP contribution in [0.25, 0.3) is 0 Å². The number of nitrogens with zero attached hydrogens (tertiary/aromatic N) is 1. The molecule has 9 heavy (non-hydrogen) atoms. The summed E-state index contributed by atoms with van der Waals surface area (Å²) in [5.41, 5.74) is 0.656. The van der Waals surface area contributed by atoms with Crippen LogP contribution in [0.2, 0.25) is 0 Å². The quantitative estimate of drug-likeness (QED) is 0.533. The summed E-state index contributed by atoms with van der Waals surface area (Å²) in [6.45, 7) is 0. The van der Waals surface area contributed by atoms with Crippen LogP contribution in [-0.2, 0) is 0 Å². The van der Waals surface area contributed by atoms with Crippen LogP contribution >= 0.6 is 12.6 Å². The standard InChI is InChI=1S/C7H4NS/c8-5-6-1-3-7(9)4-2-6/h1-4H. The molecule has 0 saturated carbocycles. The van der Waals surface area contributed by atoms with E-state index in [4.69, 9.17) is 17.9 Å². The molecule has 1 radical (unpaired) electrons. The Morgan fingerprint density at radius 1 is 1.22 bits per heavy atom. The van der Waals surface area contributed by atoms with Crippen molar-refractivity contribution < 1.29 is 0 Å². The van der Waals surface area contributed by atoms with Gasteiger partial charge in [0, 0.05) is 4.90 Å². The van der Waals surface area contributed by atoms with Gasteiger partial charge in [-0.3, -0.25) is 0 Å². The van der Waals surface area contributed by atoms with Crippen LogP contribution in [0.15, 0.2) is 29.2 Å². The molecule has 0 heterocycles. The topological polar surface area (TPSA) is 23.8 Å². The third-order valence-electron chi connectivity index (χ3n) is 0.983. The predicted octanol–water partition coefficient (Wildman–Crippen LogP) is 2.11. The van der Waals surface area contributed by atoms with Crippen LogP contribution in [0.5, 0.6) is 0 Å². The number of benzene rings is 1. The maximum absolute atomic E-state index is 8.34. The monoisotopic (exact) mass is 134 g/mol. The third-order valence-corrected chi connectivity index (χ3v) is 1.26. The second-order valence-corrected chi connectivity index (χ2v) is 2.11. The van der Waals surface area contributed by atoms with Gasteiger partial charge in [0.2, 0.25) is 0 Å². The summed E-state index contributed by atoms with van der Waals surface area (Å²) in [6, 6.07) is 8.92. The lowest BCUT2D eigenvalue weighted by molar-refractivity contribution is 1.42. The van der Waals surface area contributed by atoms with E-state index in [1.165, 1.54) is 0 Å². The fraction of sp³-hybridized carbons (Fsp3) is 0. The van der Waals surface area contributed by atoms with E-state index in [0.29, 0.717) is 5.56 Å². The summed E-state index contributed by atoms with van der Waals surface area (Å²) in [5.74, 6) is 0. The van der Waals surface area contributed by atoms with Crippen molar-refractivity contribution in [2.24, 2.45) is 0 Å². The maximum Gasteiger partial charge on any atom is 0.0991 e. The molecule has 0 fully saturated rings. The SMILES string of the molecule is N#Cc1ccc([S])cc1. The minimum Gasteiger partial charge on any atom is -0.192 e. The second-order valence-electron chi connectivity index (χ2n) is 1.64. The molecule has 0 aliphatic rings. The summed E-state index contributed by atoms with van der Waals surface area (Å²) in [5, 5.41) is 8.34. The fourth-order valence-corrected chi connectivity index (χ4v) is 0.666. The molecule has 0 aliphatic carbocycles. The lowest BCUT2D eigenvalue weighted by Crippen LogP contribution is -1.69. The Hall–Kier alpha value is -1.07. The number of hydrogen-bond donors (Lipinski definition) is 0. The van der Waals surface area contributed by atoms with Crippen molar-refractivity contribution in [3.05, 3.63) is 29.8 Å². The van der Waals surface area contributed by atoms with Gasteiger partial charge >= 0.3 is 0 Å². The van der Waals surface area contributed by atoms with Gasteiger partial charge in [-0.05, 0) is 24.3 Å². The van der Waals surface area contributed by atoms with Gasteiger partial charge < -0.3 is 0 Å². The molecule has 0 N–H and O–H groups in total. The lowest BCUT2D eigenvalue weighted by atomic mass is 10.2. The lowest BCUT2D eigenvalue weighted by Gasteiger charge is -1.86. The Morgan fingerprint density at radius 3 is 2.22 bits per heavy atom. The largest absolute Gasteiger partial charge is 0.192 e. The highest BCUT2D eigenvalue weighted by Gasteiger charge is 1.86. The van der Waals surface area contributed by atoms with Crippen molar-refractivity contribution >= 4 is 12.6 Å². The van der Waals surface area contributed by atoms with E-state index < -0.39 is 0 Å². The first-order valence-corrected chi connectivity index (χ1v) is 2.91. The molecule has 0 amide bonds. The first-order valence-electron chi connectivity index (χ1n) is 2.50. The minimum absolute atomic E-state index is 0.656. The molecule has 43 valence electrons. The zero-order chi connectivity index (χ0) is 6.69. The van der Waals surface area contributed by atoms with E-state index >= 15 is 0 Å². The summed E-state index contributed by atoms with van der Waals surface area (Å²) in [7, 11) is 0. The van der Waals surface area contributed by atoms with E-state index in [-0.39, 0.29) is 0 Å². The van der Waals surface area contributed by atoms with Crippen molar-refractivity contribution in [3.63, 3.8) is 0 Å². The number of hydrogen-bond acceptors (Lipinski definition) is 1. The molecule has 0 aliphatic heterocycles. The molecule has 2 heteroatoms. The Morgan fingerprint density at radius 2 is 1.78 bits per heavy atom. The van der Waals surface area contributed by atoms with Crippen LogP contribution in [0, 0.1) is 11.3 Å². The van der Waals surface area contributed by atoms with E-state index in [1.54, 1.807) is 24.3 Å². The van der Waals surface area contributed by atoms with Crippen LogP contribution in [0.1, 0.15) is 5.56 Å². The van der Waals surface area contributed by atoms with Crippen molar-refractivity contribution in [2.45, 2.75) is 4.90 Å². The molecule has 0 unspecified atom stereocenters. The molecule has 0 bridgehead atoms. The summed E-state index contributed by atoms with van der Waals surface area (Å²) in [6.07, 6.45) is 0. The average Bonchev–Trinajstić information content (AvgIpc) is 1.90. The smallest absolute Gasteiger partial charge is 0.0991 e. The molecule has 0 saturated heterocycles. The molecule has 0 spiro atoms. The van der Waals surface area contributed by atoms with E-state index in [1.807, 2.05) is 6.07 Å². The maximum atomic E-state index is 8.34. The van der Waals surface area contributed by atoms with Crippen LogP contribution in [-0.4, -0.2) is 0 Å². The van der Waals surface area contributed by atoms with Gasteiger partial charge in [0.15, 0.2) is 0 Å². The molecule has 1 aromatic rings. The number of nitriles is 1. The van der Waals surface area contributed by atoms with Crippen molar-refractivity contribution in [1.29, 1.82) is 5.26 Å². The highest BCUT2D eigenvalue weighted by Crippen LogP contribution is 2.05. The molecule has 0 aromatic heterocycles. The van der Waals surface area contributed by atoms with Crippen LogP contribution in [0.4, 0.5) is 0 Å². The number of rotatable bonds is 0. The van der Waals surface area contributed by atoms with Crippen molar-refractivity contribution in [3.8, 4) is 6.07 Å². The average molecular weight is 134 g/mol. The second kappa shape index (κ2) is 2.47. The van der Waals surface area contributed by atoms with Gasteiger partial charge in [-0.1, -0.05) is 12.6 Å². The normalized spacial score (nSPS) is 8.33. The summed E-state index contributed by atoms with van der Waals surface area (Å²) < 4.78 is 0. The summed E-state index contributed by atoms with van der Waals surface area (Å²) in [4.78, 5) is 0.772. The Bertz CT molecular complexity index is 232. The summed E-state index contributed by atoms with van der Waals surface area (Å²) >= 11 is 4.81. The highest BCUT2D eigenvalue weighted by atomic mass is 32.1. The molecule has 0 atom stereocenters. The van der Waals surface area contributed by atoms with E-state index in [2.05, 4.69) is 0 Å². The fourth-order valence-electron chi connectivity index (χ4n) is 0.529. The predicted molar refractivity (Wildman–Crippen MR) is 37.0 cm³/mol. The minimum atomic E-state index is 0.656. The molecule has 1 aromatic carbocycles. The van der Waals surface area contributed by atoms with Gasteiger partial charge in [0.05, 0.1) is 11.6 Å². The third kappa shape index (κ3) is 1.41. The Labute approximate surface area is 59.3 Å². The molecule has 1 nitrogen and oxygen atoms in total. The van der Waals surface area contributed by atoms with Gasteiger partial charge in [-0.2, -0.15) is 5.26 Å². The van der Waals surface area contributed by atoms with Crippen molar-refractivity contribution in [2.75, 3.05) is 0 Å². The van der Waals surface area contributed by atoms with Gasteiger partial charge in [0.1, 0.15) is 0 Å². The van der Waals surface area contributed by atoms with Gasteiger partial charge in [-0.25, -0.2) is 0 Å². The molecule has 1 rings (SSSR count). The van der Waals surface area contributed by atoms with Gasteiger partial charge in [0.25, 0.3) is 0 Å². The first kappa shape index (κ1) is 6.06. The van der Waals surface area contributed by atoms with Crippen molar-refractivity contribution in [1.82, 2.24) is 0 Å². The zero-order valence-electron chi connectivity index (χ0n) is 4.66. The zero-order valence-corrected chi connectivity index (χ0v) is 5.48. The van der Waals surface area contributed by atoms with Crippen LogP contribution in [0.3, 0.4) is 0 Å². The molecular formula is C7H4NS. The Balaban J connectivity index is 3.06. The van der Waals surface area contributed by atoms with E-state index in [0.717, 1.165) is 4.90 Å². The van der Waals surface area contributed by atoms with E-state index in [9.17, 15) is 0 Å². The van der Waals surface area contributed by atoms with Gasteiger partial charge in [-0.15, -0.1) is 0 Å². The van der Waals surface area contributed by atoms with Crippen LogP contribution < -0.4 is 0 Å².